The fraction of sp³-hybridized carbons (Fsp3) is 0.818. The van der Waals surface area contributed by atoms with Crippen LogP contribution < -0.4 is 5.32 Å². The SMILES string of the molecule is CCCC[C@H](NC(=O)CSC(C)C)C(=O)O. The third-order valence-electron chi connectivity index (χ3n) is 2.03. The summed E-state index contributed by atoms with van der Waals surface area (Å²) in [5.74, 6) is -0.813. The van der Waals surface area contributed by atoms with Crippen molar-refractivity contribution in [3.63, 3.8) is 0 Å². The zero-order valence-corrected chi connectivity index (χ0v) is 11.0. The third kappa shape index (κ3) is 7.56. The average molecular weight is 247 g/mol. The molecule has 0 aromatic heterocycles. The summed E-state index contributed by atoms with van der Waals surface area (Å²) in [6.07, 6.45) is 2.25. The molecule has 0 fully saturated rings. The van der Waals surface area contributed by atoms with Crippen LogP contribution in [0.15, 0.2) is 0 Å². The number of carbonyl (C=O) groups is 2. The van der Waals surface area contributed by atoms with E-state index >= 15 is 0 Å². The molecule has 0 spiro atoms. The van der Waals surface area contributed by atoms with Crippen molar-refractivity contribution in [1.82, 2.24) is 5.32 Å². The minimum absolute atomic E-state index is 0.192. The van der Waals surface area contributed by atoms with Gasteiger partial charge in [-0.2, -0.15) is 0 Å². The number of hydrogen-bond acceptors (Lipinski definition) is 3. The first kappa shape index (κ1) is 15.3. The molecule has 0 heterocycles. The molecule has 0 radical (unpaired) electrons. The Bertz CT molecular complexity index is 231. The second-order valence-corrected chi connectivity index (χ2v) is 5.53. The van der Waals surface area contributed by atoms with Crippen LogP contribution in [0.25, 0.3) is 0 Å². The monoisotopic (exact) mass is 247 g/mol. The van der Waals surface area contributed by atoms with Crippen molar-refractivity contribution in [2.75, 3.05) is 5.75 Å². The van der Waals surface area contributed by atoms with E-state index < -0.39 is 12.0 Å². The van der Waals surface area contributed by atoms with Crippen LogP contribution in [0.1, 0.15) is 40.0 Å². The van der Waals surface area contributed by atoms with Crippen LogP contribution in [-0.2, 0) is 9.59 Å². The molecule has 1 atom stereocenters. The van der Waals surface area contributed by atoms with E-state index in [1.54, 1.807) is 0 Å². The molecular weight excluding hydrogens is 226 g/mol. The second-order valence-electron chi connectivity index (χ2n) is 3.96. The molecule has 0 aliphatic carbocycles. The largest absolute Gasteiger partial charge is 0.480 e. The minimum Gasteiger partial charge on any atom is -0.480 e. The van der Waals surface area contributed by atoms with E-state index in [1.165, 1.54) is 11.8 Å². The molecule has 0 aromatic rings. The first-order valence-electron chi connectivity index (χ1n) is 5.61. The number of amides is 1. The van der Waals surface area contributed by atoms with E-state index in [1.807, 2.05) is 20.8 Å². The number of carboxylic acid groups (broad SMARTS) is 1. The van der Waals surface area contributed by atoms with Crippen LogP contribution in [0.4, 0.5) is 0 Å². The van der Waals surface area contributed by atoms with E-state index in [-0.39, 0.29) is 5.91 Å². The number of rotatable bonds is 8. The van der Waals surface area contributed by atoms with Crippen molar-refractivity contribution in [1.29, 1.82) is 0 Å². The van der Waals surface area contributed by atoms with Gasteiger partial charge >= 0.3 is 5.97 Å². The Morgan fingerprint density at radius 3 is 2.44 bits per heavy atom. The van der Waals surface area contributed by atoms with Crippen molar-refractivity contribution in [2.24, 2.45) is 0 Å². The molecule has 4 nitrogen and oxygen atoms in total. The molecule has 0 rings (SSSR count). The van der Waals surface area contributed by atoms with Gasteiger partial charge in [0.05, 0.1) is 5.75 Å². The molecule has 0 saturated heterocycles. The lowest BCUT2D eigenvalue weighted by molar-refractivity contribution is -0.141. The molecule has 94 valence electrons. The lowest BCUT2D eigenvalue weighted by atomic mass is 10.1. The van der Waals surface area contributed by atoms with Gasteiger partial charge in [0.25, 0.3) is 0 Å². The van der Waals surface area contributed by atoms with Crippen LogP contribution in [0.3, 0.4) is 0 Å². The molecule has 0 unspecified atom stereocenters. The molecule has 0 saturated carbocycles. The van der Waals surface area contributed by atoms with Crippen molar-refractivity contribution in [3.8, 4) is 0 Å². The third-order valence-corrected chi connectivity index (χ3v) is 3.12. The normalized spacial score (nSPS) is 12.5. The fourth-order valence-corrected chi connectivity index (χ4v) is 1.71. The van der Waals surface area contributed by atoms with Crippen LogP contribution in [0.2, 0.25) is 0 Å². The fourth-order valence-electron chi connectivity index (χ4n) is 1.14. The number of carbonyl (C=O) groups excluding carboxylic acids is 1. The van der Waals surface area contributed by atoms with Crippen molar-refractivity contribution in [3.05, 3.63) is 0 Å². The second kappa shape index (κ2) is 8.44. The van der Waals surface area contributed by atoms with Crippen LogP contribution in [0.5, 0.6) is 0 Å². The maximum absolute atomic E-state index is 11.4. The summed E-state index contributed by atoms with van der Waals surface area (Å²) < 4.78 is 0. The number of nitrogens with one attached hydrogen (secondary N) is 1. The first-order valence-corrected chi connectivity index (χ1v) is 6.66. The molecule has 0 bridgehead atoms. The number of thioether (sulfide) groups is 1. The molecule has 0 aliphatic rings. The summed E-state index contributed by atoms with van der Waals surface area (Å²) in [7, 11) is 0. The standard InChI is InChI=1S/C11H21NO3S/c1-4-5-6-9(11(14)15)12-10(13)7-16-8(2)3/h8-9H,4-7H2,1-3H3,(H,12,13)(H,14,15)/t9-/m0/s1. The van der Waals surface area contributed by atoms with Crippen LogP contribution in [-0.4, -0.2) is 34.0 Å². The van der Waals surface area contributed by atoms with Gasteiger partial charge in [0.2, 0.25) is 5.91 Å². The molecule has 0 aliphatic heterocycles. The van der Waals surface area contributed by atoms with Gasteiger partial charge in [-0.1, -0.05) is 33.6 Å². The van der Waals surface area contributed by atoms with Crippen molar-refractivity contribution >= 4 is 23.6 Å². The summed E-state index contributed by atoms with van der Waals surface area (Å²) >= 11 is 1.51. The van der Waals surface area contributed by atoms with Gasteiger partial charge in [0.15, 0.2) is 0 Å². The average Bonchev–Trinajstić information content (AvgIpc) is 2.20. The van der Waals surface area contributed by atoms with Crippen molar-refractivity contribution < 1.29 is 14.7 Å². The maximum Gasteiger partial charge on any atom is 0.326 e. The Kier molecular flexibility index (Phi) is 8.07. The van der Waals surface area contributed by atoms with Crippen molar-refractivity contribution in [2.45, 2.75) is 51.3 Å². The van der Waals surface area contributed by atoms with Gasteiger partial charge in [-0.05, 0) is 11.7 Å². The van der Waals surface area contributed by atoms with Gasteiger partial charge in [0.1, 0.15) is 6.04 Å². The van der Waals surface area contributed by atoms with Gasteiger partial charge in [0, 0.05) is 0 Å². The predicted molar refractivity (Wildman–Crippen MR) is 66.7 cm³/mol. The molecule has 2 N–H and O–H groups in total. The molecule has 1 amide bonds. The highest BCUT2D eigenvalue weighted by Gasteiger charge is 2.18. The van der Waals surface area contributed by atoms with Gasteiger partial charge in [-0.3, -0.25) is 4.79 Å². The van der Waals surface area contributed by atoms with E-state index in [4.69, 9.17) is 5.11 Å². The molecule has 0 aromatic carbocycles. The summed E-state index contributed by atoms with van der Waals surface area (Å²) in [6.45, 7) is 6.00. The van der Waals surface area contributed by atoms with E-state index in [0.29, 0.717) is 17.4 Å². The number of hydrogen-bond donors (Lipinski definition) is 2. The lowest BCUT2D eigenvalue weighted by Crippen LogP contribution is -2.41. The highest BCUT2D eigenvalue weighted by atomic mass is 32.2. The summed E-state index contributed by atoms with van der Waals surface area (Å²) in [5.41, 5.74) is 0. The highest BCUT2D eigenvalue weighted by Crippen LogP contribution is 2.08. The minimum atomic E-state index is -0.948. The zero-order chi connectivity index (χ0) is 12.6. The molecule has 5 heteroatoms. The zero-order valence-electron chi connectivity index (χ0n) is 10.2. The smallest absolute Gasteiger partial charge is 0.326 e. The Hall–Kier alpha value is -0.710. The van der Waals surface area contributed by atoms with E-state index in [2.05, 4.69) is 5.32 Å². The first-order chi connectivity index (χ1) is 7.47. The Balaban J connectivity index is 3.98. The number of unbranched alkanes of at least 4 members (excludes halogenated alkanes) is 1. The molecular formula is C11H21NO3S. The summed E-state index contributed by atoms with van der Waals surface area (Å²) in [6, 6.07) is -0.736. The number of aliphatic carboxylic acids is 1. The summed E-state index contributed by atoms with van der Waals surface area (Å²) in [5, 5.41) is 11.8. The lowest BCUT2D eigenvalue weighted by Gasteiger charge is -2.14. The highest BCUT2D eigenvalue weighted by molar-refractivity contribution is 8.00. The van der Waals surface area contributed by atoms with Gasteiger partial charge < -0.3 is 10.4 Å². The Morgan fingerprint density at radius 2 is 2.00 bits per heavy atom. The van der Waals surface area contributed by atoms with Crippen LogP contribution >= 0.6 is 11.8 Å². The molecule has 16 heavy (non-hydrogen) atoms. The van der Waals surface area contributed by atoms with Gasteiger partial charge in [-0.15, -0.1) is 11.8 Å². The topological polar surface area (TPSA) is 66.4 Å². The Labute approximate surface area is 101 Å². The maximum atomic E-state index is 11.4. The Morgan fingerprint density at radius 1 is 1.38 bits per heavy atom. The number of carboxylic acids is 1. The van der Waals surface area contributed by atoms with E-state index in [9.17, 15) is 9.59 Å². The van der Waals surface area contributed by atoms with Gasteiger partial charge in [-0.25, -0.2) is 4.79 Å². The summed E-state index contributed by atoms with van der Waals surface area (Å²) in [4.78, 5) is 22.3. The predicted octanol–water partition coefficient (Wildman–Crippen LogP) is 1.89. The van der Waals surface area contributed by atoms with Crippen LogP contribution in [0, 0.1) is 0 Å². The van der Waals surface area contributed by atoms with E-state index in [0.717, 1.165) is 12.8 Å². The quantitative estimate of drug-likeness (QED) is 0.687.